The Morgan fingerprint density at radius 3 is 2.79 bits per heavy atom. The number of nitrogens with zero attached hydrogens (tertiary/aromatic N) is 3. The Labute approximate surface area is 119 Å². The normalized spacial score (nSPS) is 19.0. The van der Waals surface area contributed by atoms with Gasteiger partial charge in [0.25, 0.3) is 0 Å². The Morgan fingerprint density at radius 2 is 2.11 bits per heavy atom. The van der Waals surface area contributed by atoms with Gasteiger partial charge >= 0.3 is 0 Å². The minimum absolute atomic E-state index is 0.0171. The molecule has 2 unspecified atom stereocenters. The molecule has 0 spiro atoms. The highest BCUT2D eigenvalue weighted by Crippen LogP contribution is 2.28. The summed E-state index contributed by atoms with van der Waals surface area (Å²) < 4.78 is 2.20. The van der Waals surface area contributed by atoms with Crippen molar-refractivity contribution in [1.29, 1.82) is 0 Å². The van der Waals surface area contributed by atoms with E-state index in [1.54, 1.807) is 11.8 Å². The number of rotatable bonds is 5. The molecule has 1 aromatic heterocycles. The molecule has 2 atom stereocenters. The van der Waals surface area contributed by atoms with E-state index in [1.807, 2.05) is 0 Å². The van der Waals surface area contributed by atoms with Crippen LogP contribution in [0.1, 0.15) is 38.9 Å². The van der Waals surface area contributed by atoms with Gasteiger partial charge in [0.1, 0.15) is 5.82 Å². The second-order valence-corrected chi connectivity index (χ2v) is 6.73. The molecular formula is C13H24N4OS. The summed E-state index contributed by atoms with van der Waals surface area (Å²) in [6.45, 7) is 5.22. The number of aromatic nitrogens is 3. The van der Waals surface area contributed by atoms with Crippen molar-refractivity contribution in [2.45, 2.75) is 62.5 Å². The predicted molar refractivity (Wildman–Crippen MR) is 77.1 cm³/mol. The van der Waals surface area contributed by atoms with E-state index >= 15 is 0 Å². The molecule has 0 aromatic carbocycles. The van der Waals surface area contributed by atoms with Crippen molar-refractivity contribution in [3.8, 4) is 0 Å². The van der Waals surface area contributed by atoms with Crippen LogP contribution >= 0.6 is 11.8 Å². The first-order valence-corrected chi connectivity index (χ1v) is 7.96. The van der Waals surface area contributed by atoms with Crippen LogP contribution in [0.3, 0.4) is 0 Å². The van der Waals surface area contributed by atoms with Crippen LogP contribution in [-0.4, -0.2) is 37.8 Å². The molecule has 0 saturated carbocycles. The standard InChI is InChI=1S/C13H24N4OS/c1-9(2)12(14)10(8-18)19-13-16-15-11-6-4-3-5-7-17(11)13/h9-10,12,18H,3-8,14H2,1-2H3. The van der Waals surface area contributed by atoms with Gasteiger partial charge in [-0.05, 0) is 18.8 Å². The van der Waals surface area contributed by atoms with Crippen LogP contribution < -0.4 is 5.73 Å². The van der Waals surface area contributed by atoms with Crippen molar-refractivity contribution in [2.24, 2.45) is 11.7 Å². The number of aliphatic hydroxyl groups is 1. The third-order valence-electron chi connectivity index (χ3n) is 3.71. The fraction of sp³-hybridized carbons (Fsp3) is 0.846. The van der Waals surface area contributed by atoms with Crippen molar-refractivity contribution in [2.75, 3.05) is 6.61 Å². The maximum atomic E-state index is 9.55. The largest absolute Gasteiger partial charge is 0.395 e. The predicted octanol–water partition coefficient (Wildman–Crippen LogP) is 1.44. The maximum Gasteiger partial charge on any atom is 0.191 e. The molecular weight excluding hydrogens is 260 g/mol. The molecule has 0 aliphatic carbocycles. The zero-order valence-electron chi connectivity index (χ0n) is 11.7. The molecule has 19 heavy (non-hydrogen) atoms. The van der Waals surface area contributed by atoms with E-state index in [2.05, 4.69) is 28.6 Å². The molecule has 1 aliphatic heterocycles. The van der Waals surface area contributed by atoms with Crippen LogP contribution in [0.2, 0.25) is 0 Å². The van der Waals surface area contributed by atoms with E-state index in [9.17, 15) is 5.11 Å². The summed E-state index contributed by atoms with van der Waals surface area (Å²) in [6, 6.07) is -0.0336. The van der Waals surface area contributed by atoms with Gasteiger partial charge in [0.15, 0.2) is 5.16 Å². The van der Waals surface area contributed by atoms with Gasteiger partial charge in [0, 0.05) is 19.0 Å². The van der Waals surface area contributed by atoms with E-state index in [-0.39, 0.29) is 17.9 Å². The summed E-state index contributed by atoms with van der Waals surface area (Å²) >= 11 is 1.57. The summed E-state index contributed by atoms with van der Waals surface area (Å²) in [5, 5.41) is 19.0. The number of thioether (sulfide) groups is 1. The number of hydrogen-bond acceptors (Lipinski definition) is 5. The zero-order chi connectivity index (χ0) is 13.8. The van der Waals surface area contributed by atoms with Gasteiger partial charge in [-0.25, -0.2) is 0 Å². The molecule has 0 bridgehead atoms. The SMILES string of the molecule is CC(C)C(N)C(CO)Sc1nnc2n1CCCCC2. The number of nitrogens with two attached hydrogens (primary N) is 1. The van der Waals surface area contributed by atoms with Crippen LogP contribution in [-0.2, 0) is 13.0 Å². The maximum absolute atomic E-state index is 9.55. The lowest BCUT2D eigenvalue weighted by Gasteiger charge is -2.24. The van der Waals surface area contributed by atoms with Gasteiger partial charge in [-0.15, -0.1) is 10.2 Å². The summed E-state index contributed by atoms with van der Waals surface area (Å²) in [4.78, 5) is 0. The molecule has 2 rings (SSSR count). The zero-order valence-corrected chi connectivity index (χ0v) is 12.6. The van der Waals surface area contributed by atoms with Crippen LogP contribution in [0.15, 0.2) is 5.16 Å². The van der Waals surface area contributed by atoms with E-state index in [0.717, 1.165) is 23.9 Å². The van der Waals surface area contributed by atoms with E-state index in [4.69, 9.17) is 5.73 Å². The summed E-state index contributed by atoms with van der Waals surface area (Å²) in [5.41, 5.74) is 6.16. The van der Waals surface area contributed by atoms with E-state index in [1.165, 1.54) is 19.3 Å². The van der Waals surface area contributed by atoms with Crippen molar-refractivity contribution < 1.29 is 5.11 Å². The highest BCUT2D eigenvalue weighted by Gasteiger charge is 2.25. The number of hydrogen-bond donors (Lipinski definition) is 2. The third kappa shape index (κ3) is 3.49. The Balaban J connectivity index is 2.11. The number of fused-ring (bicyclic) bond motifs is 1. The average molecular weight is 284 g/mol. The Kier molecular flexibility index (Phi) is 5.24. The van der Waals surface area contributed by atoms with Crippen molar-refractivity contribution in [3.63, 3.8) is 0 Å². The average Bonchev–Trinajstić information content (AvgIpc) is 2.62. The molecule has 5 nitrogen and oxygen atoms in total. The van der Waals surface area contributed by atoms with Crippen LogP contribution in [0, 0.1) is 5.92 Å². The summed E-state index contributed by atoms with van der Waals surface area (Å²) in [7, 11) is 0. The molecule has 0 radical (unpaired) electrons. The first-order chi connectivity index (χ1) is 9.13. The van der Waals surface area contributed by atoms with Gasteiger partial charge in [-0.3, -0.25) is 0 Å². The Morgan fingerprint density at radius 1 is 1.32 bits per heavy atom. The number of aliphatic hydroxyl groups excluding tert-OH is 1. The Hall–Kier alpha value is -0.590. The van der Waals surface area contributed by atoms with E-state index in [0.29, 0.717) is 5.92 Å². The number of aryl methyl sites for hydroxylation is 1. The molecule has 0 fully saturated rings. The minimum atomic E-state index is -0.0336. The fourth-order valence-electron chi connectivity index (χ4n) is 2.35. The smallest absolute Gasteiger partial charge is 0.191 e. The molecule has 2 heterocycles. The molecule has 6 heteroatoms. The lowest BCUT2D eigenvalue weighted by Crippen LogP contribution is -2.39. The molecule has 1 aliphatic rings. The third-order valence-corrected chi connectivity index (χ3v) is 4.99. The first kappa shape index (κ1) is 14.8. The quantitative estimate of drug-likeness (QED) is 0.800. The molecule has 0 saturated heterocycles. The minimum Gasteiger partial charge on any atom is -0.395 e. The highest BCUT2D eigenvalue weighted by molar-refractivity contribution is 7.99. The van der Waals surface area contributed by atoms with Crippen molar-refractivity contribution in [1.82, 2.24) is 14.8 Å². The van der Waals surface area contributed by atoms with Gasteiger partial charge in [-0.2, -0.15) is 0 Å². The summed E-state index contributed by atoms with van der Waals surface area (Å²) in [6.07, 6.45) is 4.63. The molecule has 3 N–H and O–H groups in total. The first-order valence-electron chi connectivity index (χ1n) is 7.08. The van der Waals surface area contributed by atoms with Gasteiger partial charge < -0.3 is 15.4 Å². The van der Waals surface area contributed by atoms with Gasteiger partial charge in [-0.1, -0.05) is 32.0 Å². The highest BCUT2D eigenvalue weighted by atomic mass is 32.2. The van der Waals surface area contributed by atoms with Crippen molar-refractivity contribution in [3.05, 3.63) is 5.82 Å². The van der Waals surface area contributed by atoms with Crippen LogP contribution in [0.4, 0.5) is 0 Å². The second-order valence-electron chi connectivity index (χ2n) is 5.52. The Bertz CT molecular complexity index is 407. The summed E-state index contributed by atoms with van der Waals surface area (Å²) in [5.74, 6) is 1.42. The van der Waals surface area contributed by atoms with Gasteiger partial charge in [0.05, 0.1) is 11.9 Å². The lowest BCUT2D eigenvalue weighted by atomic mass is 10.0. The van der Waals surface area contributed by atoms with Crippen LogP contribution in [0.25, 0.3) is 0 Å². The lowest BCUT2D eigenvalue weighted by molar-refractivity contribution is 0.269. The van der Waals surface area contributed by atoms with Crippen molar-refractivity contribution >= 4 is 11.8 Å². The topological polar surface area (TPSA) is 77.0 Å². The monoisotopic (exact) mass is 284 g/mol. The fourth-order valence-corrected chi connectivity index (χ4v) is 3.58. The molecule has 0 amide bonds. The van der Waals surface area contributed by atoms with E-state index < -0.39 is 0 Å². The molecule has 108 valence electrons. The second kappa shape index (κ2) is 6.72. The van der Waals surface area contributed by atoms with Gasteiger partial charge in [0.2, 0.25) is 0 Å². The molecule has 1 aromatic rings. The van der Waals surface area contributed by atoms with Crippen LogP contribution in [0.5, 0.6) is 0 Å².